The molecule has 29 heavy (non-hydrogen) atoms. The molecule has 6 nitrogen and oxygen atoms in total. The molecule has 7 heteroatoms. The van der Waals surface area contributed by atoms with Gasteiger partial charge in [-0.25, -0.2) is 4.98 Å². The highest BCUT2D eigenvalue weighted by molar-refractivity contribution is 7.99. The van der Waals surface area contributed by atoms with E-state index in [1.807, 2.05) is 47.0 Å². The van der Waals surface area contributed by atoms with Gasteiger partial charge in [0, 0.05) is 12.3 Å². The number of unbranched alkanes of at least 4 members (excludes halogenated alkanes) is 2. The maximum atomic E-state index is 12.7. The molecule has 0 radical (unpaired) electrons. The van der Waals surface area contributed by atoms with E-state index in [9.17, 15) is 4.79 Å². The first-order valence-electron chi connectivity index (χ1n) is 9.98. The number of carbonyl (C=O) groups excluding carboxylic acids is 1. The minimum atomic E-state index is -0.0405. The fraction of sp³-hybridized carbons (Fsp3) is 0.364. The maximum Gasteiger partial charge on any atom is 0.240 e. The summed E-state index contributed by atoms with van der Waals surface area (Å²) in [5, 5.41) is 3.91. The summed E-state index contributed by atoms with van der Waals surface area (Å²) in [6.07, 6.45) is 3.56. The molecule has 2 heterocycles. The van der Waals surface area contributed by atoms with Crippen LogP contribution in [0.25, 0.3) is 11.0 Å². The summed E-state index contributed by atoms with van der Waals surface area (Å²) in [4.78, 5) is 17.4. The van der Waals surface area contributed by atoms with Crippen molar-refractivity contribution in [1.29, 1.82) is 0 Å². The number of thioether (sulfide) groups is 1. The molecule has 0 atom stereocenters. The van der Waals surface area contributed by atoms with Gasteiger partial charge >= 0.3 is 0 Å². The van der Waals surface area contributed by atoms with Crippen molar-refractivity contribution in [3.8, 4) is 11.5 Å². The van der Waals surface area contributed by atoms with E-state index in [4.69, 9.17) is 14.5 Å². The van der Waals surface area contributed by atoms with Gasteiger partial charge in [0.2, 0.25) is 12.7 Å². The van der Waals surface area contributed by atoms with Gasteiger partial charge < -0.3 is 19.4 Å². The zero-order valence-electron chi connectivity index (χ0n) is 16.5. The quantitative estimate of drug-likeness (QED) is 0.419. The molecule has 0 spiro atoms. The van der Waals surface area contributed by atoms with Crippen molar-refractivity contribution in [2.75, 3.05) is 12.5 Å². The second-order valence-electron chi connectivity index (χ2n) is 6.99. The van der Waals surface area contributed by atoms with Crippen LogP contribution in [0.1, 0.15) is 31.7 Å². The standard InChI is InChI=1S/C22H25N3O3S/c1-2-3-6-11-29-22-24-17-7-4-5-8-18(17)25(22)14-21(26)23-13-16-9-10-19-20(12-16)28-15-27-19/h4-5,7-10,12H,2-3,6,11,13-15H2,1H3,(H,23,26). The highest BCUT2D eigenvalue weighted by Crippen LogP contribution is 2.32. The summed E-state index contributed by atoms with van der Waals surface area (Å²) in [5.74, 6) is 2.44. The third-order valence-electron chi connectivity index (χ3n) is 4.83. The van der Waals surface area contributed by atoms with Crippen LogP contribution in [-0.4, -0.2) is 28.0 Å². The average Bonchev–Trinajstić information content (AvgIpc) is 3.34. The Kier molecular flexibility index (Phi) is 6.24. The molecule has 1 N–H and O–H groups in total. The summed E-state index contributed by atoms with van der Waals surface area (Å²) in [5.41, 5.74) is 2.89. The number of ether oxygens (including phenoxy) is 2. The lowest BCUT2D eigenvalue weighted by molar-refractivity contribution is -0.121. The maximum absolute atomic E-state index is 12.7. The molecule has 3 aromatic rings. The van der Waals surface area contributed by atoms with Crippen molar-refractivity contribution in [2.24, 2.45) is 0 Å². The van der Waals surface area contributed by atoms with Crippen LogP contribution in [0.2, 0.25) is 0 Å². The molecule has 1 aliphatic heterocycles. The van der Waals surface area contributed by atoms with Crippen LogP contribution in [0.3, 0.4) is 0 Å². The van der Waals surface area contributed by atoms with E-state index in [2.05, 4.69) is 12.2 Å². The largest absolute Gasteiger partial charge is 0.454 e. The molecule has 0 aliphatic carbocycles. The molecule has 0 saturated carbocycles. The Morgan fingerprint density at radius 1 is 1.17 bits per heavy atom. The molecule has 1 amide bonds. The van der Waals surface area contributed by atoms with Crippen LogP contribution in [-0.2, 0) is 17.9 Å². The highest BCUT2D eigenvalue weighted by Gasteiger charge is 2.15. The smallest absolute Gasteiger partial charge is 0.240 e. The number of carbonyl (C=O) groups is 1. The number of nitrogens with one attached hydrogen (secondary N) is 1. The number of benzene rings is 2. The predicted molar refractivity (Wildman–Crippen MR) is 114 cm³/mol. The fourth-order valence-electron chi connectivity index (χ4n) is 3.28. The van der Waals surface area contributed by atoms with Crippen LogP contribution in [0.15, 0.2) is 47.6 Å². The Hall–Kier alpha value is -2.67. The molecule has 152 valence electrons. The Morgan fingerprint density at radius 2 is 2.03 bits per heavy atom. The van der Waals surface area contributed by atoms with E-state index >= 15 is 0 Å². The second kappa shape index (κ2) is 9.22. The minimum absolute atomic E-state index is 0.0405. The summed E-state index contributed by atoms with van der Waals surface area (Å²) in [6, 6.07) is 13.7. The van der Waals surface area contributed by atoms with Crippen LogP contribution in [0.4, 0.5) is 0 Å². The van der Waals surface area contributed by atoms with Crippen molar-refractivity contribution in [3.63, 3.8) is 0 Å². The number of para-hydroxylation sites is 2. The predicted octanol–water partition coefficient (Wildman–Crippen LogP) is 4.36. The van der Waals surface area contributed by atoms with Gasteiger partial charge in [0.25, 0.3) is 0 Å². The normalized spacial score (nSPS) is 12.4. The number of imidazole rings is 1. The first-order valence-corrected chi connectivity index (χ1v) is 11.0. The monoisotopic (exact) mass is 411 g/mol. The summed E-state index contributed by atoms with van der Waals surface area (Å²) < 4.78 is 12.7. The van der Waals surface area contributed by atoms with Gasteiger partial charge in [-0.3, -0.25) is 4.79 Å². The van der Waals surface area contributed by atoms with Gasteiger partial charge in [0.15, 0.2) is 16.7 Å². The van der Waals surface area contributed by atoms with Crippen molar-refractivity contribution in [1.82, 2.24) is 14.9 Å². The Morgan fingerprint density at radius 3 is 2.93 bits per heavy atom. The topological polar surface area (TPSA) is 65.4 Å². The Balaban J connectivity index is 1.42. The van der Waals surface area contributed by atoms with Gasteiger partial charge in [0.05, 0.1) is 11.0 Å². The van der Waals surface area contributed by atoms with Crippen LogP contribution >= 0.6 is 11.8 Å². The van der Waals surface area contributed by atoms with Crippen LogP contribution in [0.5, 0.6) is 11.5 Å². The molecule has 0 fully saturated rings. The molecule has 0 bridgehead atoms. The Bertz CT molecular complexity index is 1000. The van der Waals surface area contributed by atoms with Crippen molar-refractivity contribution < 1.29 is 14.3 Å². The second-order valence-corrected chi connectivity index (χ2v) is 8.05. The molecule has 1 aromatic heterocycles. The third-order valence-corrected chi connectivity index (χ3v) is 5.89. The number of hydrogen-bond donors (Lipinski definition) is 1. The van der Waals surface area contributed by atoms with Crippen LogP contribution in [0, 0.1) is 0 Å². The molecule has 2 aromatic carbocycles. The lowest BCUT2D eigenvalue weighted by atomic mass is 10.2. The van der Waals surface area contributed by atoms with Crippen LogP contribution < -0.4 is 14.8 Å². The molecule has 1 aliphatic rings. The average molecular weight is 412 g/mol. The van der Waals surface area contributed by atoms with E-state index < -0.39 is 0 Å². The number of nitrogens with zero attached hydrogens (tertiary/aromatic N) is 2. The number of hydrogen-bond acceptors (Lipinski definition) is 5. The molecule has 0 unspecified atom stereocenters. The summed E-state index contributed by atoms with van der Waals surface area (Å²) in [7, 11) is 0. The zero-order valence-corrected chi connectivity index (χ0v) is 17.3. The van der Waals surface area contributed by atoms with E-state index in [1.54, 1.807) is 11.8 Å². The lowest BCUT2D eigenvalue weighted by Crippen LogP contribution is -2.27. The van der Waals surface area contributed by atoms with Crippen molar-refractivity contribution >= 4 is 28.7 Å². The number of amides is 1. The van der Waals surface area contributed by atoms with Gasteiger partial charge in [-0.15, -0.1) is 0 Å². The van der Waals surface area contributed by atoms with E-state index in [-0.39, 0.29) is 19.2 Å². The van der Waals surface area contributed by atoms with E-state index in [0.29, 0.717) is 6.54 Å². The zero-order chi connectivity index (χ0) is 20.1. The molecule has 4 rings (SSSR count). The van der Waals surface area contributed by atoms with Gasteiger partial charge in [-0.1, -0.05) is 49.7 Å². The lowest BCUT2D eigenvalue weighted by Gasteiger charge is -2.10. The van der Waals surface area contributed by atoms with Crippen molar-refractivity contribution in [2.45, 2.75) is 44.4 Å². The first kappa shape index (κ1) is 19.6. The number of aromatic nitrogens is 2. The Labute approximate surface area is 174 Å². The number of rotatable bonds is 9. The SMILES string of the molecule is CCCCCSc1nc2ccccc2n1CC(=O)NCc1ccc2c(c1)OCO2. The molecule has 0 saturated heterocycles. The first-order chi connectivity index (χ1) is 14.2. The highest BCUT2D eigenvalue weighted by atomic mass is 32.2. The van der Waals surface area contributed by atoms with Crippen molar-refractivity contribution in [3.05, 3.63) is 48.0 Å². The third kappa shape index (κ3) is 4.67. The van der Waals surface area contributed by atoms with E-state index in [0.717, 1.165) is 45.4 Å². The molecular formula is C22H25N3O3S. The minimum Gasteiger partial charge on any atom is -0.454 e. The van der Waals surface area contributed by atoms with Gasteiger partial charge in [-0.05, 0) is 36.2 Å². The fourth-order valence-corrected chi connectivity index (χ4v) is 4.30. The molecular weight excluding hydrogens is 386 g/mol. The van der Waals surface area contributed by atoms with E-state index in [1.165, 1.54) is 12.8 Å². The number of fused-ring (bicyclic) bond motifs is 2. The van der Waals surface area contributed by atoms with Gasteiger partial charge in [0.1, 0.15) is 6.54 Å². The summed E-state index contributed by atoms with van der Waals surface area (Å²) >= 11 is 1.72. The van der Waals surface area contributed by atoms with Gasteiger partial charge in [-0.2, -0.15) is 0 Å². The summed E-state index contributed by atoms with van der Waals surface area (Å²) in [6.45, 7) is 3.14.